The van der Waals surface area contributed by atoms with Gasteiger partial charge in [0.1, 0.15) is 11.5 Å². The van der Waals surface area contributed by atoms with Crippen LogP contribution in [0.25, 0.3) is 0 Å². The molecule has 3 rings (SSSR count). The van der Waals surface area contributed by atoms with Crippen LogP contribution in [0.2, 0.25) is 5.02 Å². The highest BCUT2D eigenvalue weighted by atomic mass is 35.5. The van der Waals surface area contributed by atoms with Gasteiger partial charge in [-0.25, -0.2) is 13.1 Å². The zero-order valence-electron chi connectivity index (χ0n) is 14.0. The second-order valence-electron chi connectivity index (χ2n) is 6.60. The second-order valence-corrected chi connectivity index (χ2v) is 8.72. The number of phenolic OH excluding ortho intramolecular Hbond substituents is 2. The number of phenols is 2. The first-order valence-electron chi connectivity index (χ1n) is 8.35. The van der Waals surface area contributed by atoms with Gasteiger partial charge in [-0.2, -0.15) is 0 Å². The molecular weight excluding hydrogens is 376 g/mol. The molecule has 5 N–H and O–H groups in total. The summed E-state index contributed by atoms with van der Waals surface area (Å²) in [5, 5.41) is 19.6. The van der Waals surface area contributed by atoms with Gasteiger partial charge in [-0.3, -0.25) is 0 Å². The molecule has 140 valence electrons. The van der Waals surface area contributed by atoms with E-state index < -0.39 is 10.0 Å². The fourth-order valence-electron chi connectivity index (χ4n) is 3.36. The molecule has 0 heterocycles. The number of nitrogen functional groups attached to an aromatic ring is 1. The number of anilines is 1. The van der Waals surface area contributed by atoms with E-state index in [9.17, 15) is 18.6 Å². The molecule has 0 amide bonds. The van der Waals surface area contributed by atoms with Crippen molar-refractivity contribution in [2.75, 3.05) is 5.73 Å². The first kappa shape index (κ1) is 18.8. The molecular formula is C18H21ClN2O4S. The van der Waals surface area contributed by atoms with E-state index in [1.54, 1.807) is 12.1 Å². The molecule has 26 heavy (non-hydrogen) atoms. The van der Waals surface area contributed by atoms with Crippen LogP contribution in [0.3, 0.4) is 0 Å². The van der Waals surface area contributed by atoms with Gasteiger partial charge >= 0.3 is 0 Å². The fourth-order valence-corrected chi connectivity index (χ4v) is 4.94. The van der Waals surface area contributed by atoms with E-state index in [0.717, 1.165) is 18.4 Å². The molecule has 1 aliphatic carbocycles. The topological polar surface area (TPSA) is 113 Å². The standard InChI is InChI=1S/C18H21ClN2O4S/c19-16-10-14(6-8-17(16)20)26(24,25)21-12-3-1-11(2-4-12)15-7-5-13(22)9-18(15)23/h5-12,21-23H,1-4,20H2/t11-,12+. The smallest absolute Gasteiger partial charge is 0.240 e. The molecule has 2 aromatic carbocycles. The third-order valence-electron chi connectivity index (χ3n) is 4.79. The Morgan fingerprint density at radius 1 is 1.04 bits per heavy atom. The average Bonchev–Trinajstić information content (AvgIpc) is 2.58. The first-order chi connectivity index (χ1) is 12.3. The van der Waals surface area contributed by atoms with Crippen molar-refractivity contribution in [3.8, 4) is 11.5 Å². The fraction of sp³-hybridized carbons (Fsp3) is 0.333. The Bertz CT molecular complexity index is 909. The lowest BCUT2D eigenvalue weighted by atomic mass is 9.81. The lowest BCUT2D eigenvalue weighted by molar-refractivity contribution is 0.362. The zero-order chi connectivity index (χ0) is 18.9. The highest BCUT2D eigenvalue weighted by Crippen LogP contribution is 2.38. The normalized spacial score (nSPS) is 20.8. The highest BCUT2D eigenvalue weighted by molar-refractivity contribution is 7.89. The van der Waals surface area contributed by atoms with E-state index in [0.29, 0.717) is 18.5 Å². The molecule has 2 aromatic rings. The molecule has 1 aliphatic rings. The number of halogens is 1. The van der Waals surface area contributed by atoms with Crippen LogP contribution in [-0.2, 0) is 10.0 Å². The van der Waals surface area contributed by atoms with Crippen LogP contribution in [0.4, 0.5) is 5.69 Å². The van der Waals surface area contributed by atoms with E-state index in [4.69, 9.17) is 17.3 Å². The second kappa shape index (κ2) is 7.34. The number of sulfonamides is 1. The summed E-state index contributed by atoms with van der Waals surface area (Å²) in [5.41, 5.74) is 6.74. The van der Waals surface area contributed by atoms with Crippen molar-refractivity contribution in [2.45, 2.75) is 42.5 Å². The van der Waals surface area contributed by atoms with E-state index >= 15 is 0 Å². The molecule has 0 radical (unpaired) electrons. The van der Waals surface area contributed by atoms with Crippen LogP contribution in [0.5, 0.6) is 11.5 Å². The molecule has 0 unspecified atom stereocenters. The van der Waals surface area contributed by atoms with Crippen LogP contribution in [-0.4, -0.2) is 24.7 Å². The van der Waals surface area contributed by atoms with Crippen LogP contribution >= 0.6 is 11.6 Å². The van der Waals surface area contributed by atoms with Crippen molar-refractivity contribution in [3.63, 3.8) is 0 Å². The summed E-state index contributed by atoms with van der Waals surface area (Å²) in [5.74, 6) is 0.239. The number of hydrogen-bond donors (Lipinski definition) is 4. The molecule has 0 saturated heterocycles. The summed E-state index contributed by atoms with van der Waals surface area (Å²) in [7, 11) is -3.67. The number of hydrogen-bond acceptors (Lipinski definition) is 5. The maximum Gasteiger partial charge on any atom is 0.240 e. The maximum atomic E-state index is 12.5. The van der Waals surface area contributed by atoms with Crippen LogP contribution in [0.1, 0.15) is 37.2 Å². The Morgan fingerprint density at radius 3 is 2.35 bits per heavy atom. The van der Waals surface area contributed by atoms with E-state index in [1.165, 1.54) is 24.3 Å². The average molecular weight is 397 g/mol. The Kier molecular flexibility index (Phi) is 5.32. The lowest BCUT2D eigenvalue weighted by Gasteiger charge is -2.29. The van der Waals surface area contributed by atoms with Gasteiger partial charge in [0, 0.05) is 12.1 Å². The molecule has 1 saturated carbocycles. The first-order valence-corrected chi connectivity index (χ1v) is 10.2. The molecule has 1 fully saturated rings. The summed E-state index contributed by atoms with van der Waals surface area (Å²) >= 11 is 5.92. The van der Waals surface area contributed by atoms with Crippen molar-refractivity contribution in [1.29, 1.82) is 0 Å². The Morgan fingerprint density at radius 2 is 1.73 bits per heavy atom. The maximum absolute atomic E-state index is 12.5. The van der Waals surface area contributed by atoms with Gasteiger partial charge in [0.2, 0.25) is 10.0 Å². The number of benzene rings is 2. The quantitative estimate of drug-likeness (QED) is 0.592. The molecule has 0 spiro atoms. The summed E-state index contributed by atoms with van der Waals surface area (Å²) in [6.45, 7) is 0. The van der Waals surface area contributed by atoms with Gasteiger partial charge in [-0.15, -0.1) is 0 Å². The number of nitrogens with one attached hydrogen (secondary N) is 1. The summed E-state index contributed by atoms with van der Waals surface area (Å²) < 4.78 is 27.8. The Labute approximate surface area is 157 Å². The molecule has 0 atom stereocenters. The van der Waals surface area contributed by atoms with Gasteiger partial charge in [-0.1, -0.05) is 17.7 Å². The van der Waals surface area contributed by atoms with Gasteiger partial charge < -0.3 is 15.9 Å². The Hall–Kier alpha value is -1.96. The number of rotatable bonds is 4. The zero-order valence-corrected chi connectivity index (χ0v) is 15.6. The molecule has 8 heteroatoms. The van der Waals surface area contributed by atoms with E-state index in [2.05, 4.69) is 4.72 Å². The van der Waals surface area contributed by atoms with E-state index in [-0.39, 0.29) is 33.4 Å². The van der Waals surface area contributed by atoms with Gasteiger partial charge in [-0.05, 0) is 61.4 Å². The predicted octanol–water partition coefficient (Wildman–Crippen LogP) is 3.34. The minimum absolute atomic E-state index is 0.0230. The van der Waals surface area contributed by atoms with Crippen LogP contribution < -0.4 is 10.5 Å². The SMILES string of the molecule is Nc1ccc(S(=O)(=O)N[C@H]2CC[C@@H](c3ccc(O)cc3O)CC2)cc1Cl. The summed E-state index contributed by atoms with van der Waals surface area (Å²) in [4.78, 5) is 0.0926. The minimum atomic E-state index is -3.67. The van der Waals surface area contributed by atoms with Crippen molar-refractivity contribution >= 4 is 27.3 Å². The monoisotopic (exact) mass is 396 g/mol. The summed E-state index contributed by atoms with van der Waals surface area (Å²) in [6.07, 6.45) is 2.81. The van der Waals surface area contributed by atoms with Crippen LogP contribution in [0, 0.1) is 0 Å². The minimum Gasteiger partial charge on any atom is -0.508 e. The van der Waals surface area contributed by atoms with Gasteiger partial charge in [0.25, 0.3) is 0 Å². The Balaban J connectivity index is 1.65. The van der Waals surface area contributed by atoms with Crippen molar-refractivity contribution < 1.29 is 18.6 Å². The third kappa shape index (κ3) is 4.06. The number of nitrogens with two attached hydrogens (primary N) is 1. The molecule has 0 aliphatic heterocycles. The van der Waals surface area contributed by atoms with Crippen molar-refractivity contribution in [3.05, 3.63) is 47.0 Å². The molecule has 0 aromatic heterocycles. The van der Waals surface area contributed by atoms with Gasteiger partial charge in [0.05, 0.1) is 15.6 Å². The highest BCUT2D eigenvalue weighted by Gasteiger charge is 2.28. The number of aromatic hydroxyl groups is 2. The largest absolute Gasteiger partial charge is 0.508 e. The predicted molar refractivity (Wildman–Crippen MR) is 101 cm³/mol. The van der Waals surface area contributed by atoms with Crippen LogP contribution in [0.15, 0.2) is 41.3 Å². The lowest BCUT2D eigenvalue weighted by Crippen LogP contribution is -2.37. The van der Waals surface area contributed by atoms with Gasteiger partial charge in [0.15, 0.2) is 0 Å². The summed E-state index contributed by atoms with van der Waals surface area (Å²) in [6, 6.07) is 8.68. The molecule has 0 bridgehead atoms. The third-order valence-corrected chi connectivity index (χ3v) is 6.63. The molecule has 6 nitrogen and oxygen atoms in total. The van der Waals surface area contributed by atoms with E-state index in [1.807, 2.05) is 0 Å². The van der Waals surface area contributed by atoms with Crippen molar-refractivity contribution in [1.82, 2.24) is 4.72 Å². The van der Waals surface area contributed by atoms with Crippen molar-refractivity contribution in [2.24, 2.45) is 0 Å².